The minimum absolute atomic E-state index is 0.265. The predicted octanol–water partition coefficient (Wildman–Crippen LogP) is 4.46. The maximum absolute atomic E-state index is 10.8. The topological polar surface area (TPSA) is 40.1 Å². The zero-order valence-electron chi connectivity index (χ0n) is 13.1. The Balaban J connectivity index is 3.64. The van der Waals surface area contributed by atoms with Gasteiger partial charge in [-0.25, -0.2) is 0 Å². The first-order chi connectivity index (χ1) is 9.20. The highest BCUT2D eigenvalue weighted by atomic mass is 16.4. The second kappa shape index (κ2) is 13.9. The van der Waals surface area contributed by atoms with Gasteiger partial charge in [-0.2, -0.15) is 0 Å². The molecule has 19 heavy (non-hydrogen) atoms. The number of hydrogen-bond donors (Lipinski definition) is 0. The van der Waals surface area contributed by atoms with Crippen molar-refractivity contribution in [1.29, 1.82) is 0 Å². The van der Waals surface area contributed by atoms with E-state index >= 15 is 0 Å². The van der Waals surface area contributed by atoms with Crippen LogP contribution in [0.5, 0.6) is 0 Å². The van der Waals surface area contributed by atoms with Crippen molar-refractivity contribution in [2.75, 3.05) is 0 Å². The molecule has 2 heteroatoms. The van der Waals surface area contributed by atoms with Gasteiger partial charge in [-0.05, 0) is 12.3 Å². The molecule has 0 radical (unpaired) electrons. The molecule has 0 amide bonds. The molecule has 0 rings (SSSR count). The van der Waals surface area contributed by atoms with Crippen LogP contribution in [0.2, 0.25) is 0 Å². The van der Waals surface area contributed by atoms with Crippen LogP contribution in [-0.4, -0.2) is 5.97 Å². The van der Waals surface area contributed by atoms with Crippen LogP contribution in [0.3, 0.4) is 0 Å². The third-order valence-electron chi connectivity index (χ3n) is 3.89. The Bertz CT molecular complexity index is 201. The summed E-state index contributed by atoms with van der Waals surface area (Å²) in [4.78, 5) is 10.8. The first kappa shape index (κ1) is 18.5. The van der Waals surface area contributed by atoms with Crippen molar-refractivity contribution in [2.45, 2.75) is 97.3 Å². The Kier molecular flexibility index (Phi) is 13.5. The van der Waals surface area contributed by atoms with Gasteiger partial charge in [-0.1, -0.05) is 90.9 Å². The Morgan fingerprint density at radius 3 is 1.68 bits per heavy atom. The molecule has 0 aliphatic carbocycles. The number of unbranched alkanes of at least 4 members (excludes halogenated alkanes) is 8. The molecule has 0 aromatic heterocycles. The van der Waals surface area contributed by atoms with Gasteiger partial charge < -0.3 is 9.90 Å². The maximum atomic E-state index is 10.8. The van der Waals surface area contributed by atoms with Gasteiger partial charge in [-0.3, -0.25) is 0 Å². The molecule has 0 heterocycles. The number of carbonyl (C=O) groups is 1. The quantitative estimate of drug-likeness (QED) is 0.437. The Labute approximate surface area is 120 Å². The number of aliphatic carboxylic acids is 1. The van der Waals surface area contributed by atoms with Crippen molar-refractivity contribution in [1.82, 2.24) is 0 Å². The minimum atomic E-state index is -0.869. The van der Waals surface area contributed by atoms with Crippen molar-refractivity contribution in [2.24, 2.45) is 5.92 Å². The molecule has 0 aromatic rings. The number of carbonyl (C=O) groups excluding carboxylic acids is 1. The molecular formula is C17H33O2-. The standard InChI is InChI=1S/C17H34O2/c1-3-5-7-9-10-12-14-16(15-17(18)19)13-11-8-6-4-2/h16H,3-15H2,1-2H3,(H,18,19)/p-1. The summed E-state index contributed by atoms with van der Waals surface area (Å²) in [7, 11) is 0. The monoisotopic (exact) mass is 269 g/mol. The molecule has 0 spiro atoms. The van der Waals surface area contributed by atoms with Crippen LogP contribution in [0.4, 0.5) is 0 Å². The van der Waals surface area contributed by atoms with Gasteiger partial charge in [0.05, 0.1) is 0 Å². The lowest BCUT2D eigenvalue weighted by molar-refractivity contribution is -0.306. The number of rotatable bonds is 14. The largest absolute Gasteiger partial charge is 0.550 e. The van der Waals surface area contributed by atoms with Gasteiger partial charge in [0.25, 0.3) is 0 Å². The lowest BCUT2D eigenvalue weighted by Gasteiger charge is -2.17. The maximum Gasteiger partial charge on any atom is 0.0417 e. The molecule has 2 nitrogen and oxygen atoms in total. The molecule has 0 aliphatic rings. The highest BCUT2D eigenvalue weighted by Crippen LogP contribution is 2.21. The molecule has 0 saturated carbocycles. The molecule has 1 atom stereocenters. The Morgan fingerprint density at radius 2 is 1.21 bits per heavy atom. The highest BCUT2D eigenvalue weighted by Gasteiger charge is 2.08. The van der Waals surface area contributed by atoms with Crippen molar-refractivity contribution in [3.05, 3.63) is 0 Å². The lowest BCUT2D eigenvalue weighted by atomic mass is 9.91. The number of hydrogen-bond acceptors (Lipinski definition) is 2. The molecular weight excluding hydrogens is 236 g/mol. The van der Waals surface area contributed by atoms with E-state index in [4.69, 9.17) is 0 Å². The Morgan fingerprint density at radius 1 is 0.789 bits per heavy atom. The fraction of sp³-hybridized carbons (Fsp3) is 0.941. The second-order valence-electron chi connectivity index (χ2n) is 5.85. The van der Waals surface area contributed by atoms with Crippen LogP contribution in [0, 0.1) is 5.92 Å². The number of carboxylic acids is 1. The van der Waals surface area contributed by atoms with Gasteiger partial charge in [0, 0.05) is 5.97 Å². The van der Waals surface area contributed by atoms with Crippen LogP contribution in [-0.2, 0) is 4.79 Å². The summed E-state index contributed by atoms with van der Waals surface area (Å²) in [5.74, 6) is -0.514. The smallest absolute Gasteiger partial charge is 0.0417 e. The SMILES string of the molecule is CCCCCCCCC(CCCCCC)CC(=O)[O-]. The molecule has 0 saturated heterocycles. The van der Waals surface area contributed by atoms with E-state index in [1.54, 1.807) is 0 Å². The normalized spacial score (nSPS) is 12.5. The summed E-state index contributed by atoms with van der Waals surface area (Å²) in [5, 5.41) is 10.8. The zero-order chi connectivity index (χ0) is 14.3. The Hall–Kier alpha value is -0.530. The van der Waals surface area contributed by atoms with E-state index < -0.39 is 5.97 Å². The molecule has 0 N–H and O–H groups in total. The van der Waals surface area contributed by atoms with E-state index in [1.807, 2.05) is 0 Å². The summed E-state index contributed by atoms with van der Waals surface area (Å²) in [5.41, 5.74) is 0. The number of carboxylic acid groups (broad SMARTS) is 1. The van der Waals surface area contributed by atoms with Crippen LogP contribution >= 0.6 is 0 Å². The molecule has 0 aliphatic heterocycles. The first-order valence-corrected chi connectivity index (χ1v) is 8.40. The van der Waals surface area contributed by atoms with E-state index in [2.05, 4.69) is 13.8 Å². The van der Waals surface area contributed by atoms with Gasteiger partial charge in [0.2, 0.25) is 0 Å². The van der Waals surface area contributed by atoms with Crippen molar-refractivity contribution in [3.63, 3.8) is 0 Å². The second-order valence-corrected chi connectivity index (χ2v) is 5.85. The summed E-state index contributed by atoms with van der Waals surface area (Å²) >= 11 is 0. The average Bonchev–Trinajstić information content (AvgIpc) is 2.37. The van der Waals surface area contributed by atoms with Crippen molar-refractivity contribution >= 4 is 5.97 Å². The fourth-order valence-corrected chi connectivity index (χ4v) is 2.66. The van der Waals surface area contributed by atoms with Gasteiger partial charge >= 0.3 is 0 Å². The molecule has 0 fully saturated rings. The minimum Gasteiger partial charge on any atom is -0.550 e. The van der Waals surface area contributed by atoms with E-state index in [0.717, 1.165) is 12.8 Å². The van der Waals surface area contributed by atoms with Crippen LogP contribution < -0.4 is 5.11 Å². The first-order valence-electron chi connectivity index (χ1n) is 8.40. The van der Waals surface area contributed by atoms with Crippen LogP contribution in [0.15, 0.2) is 0 Å². The van der Waals surface area contributed by atoms with Crippen LogP contribution in [0.1, 0.15) is 97.3 Å². The average molecular weight is 269 g/mol. The van der Waals surface area contributed by atoms with Gasteiger partial charge in [-0.15, -0.1) is 0 Å². The fourth-order valence-electron chi connectivity index (χ4n) is 2.66. The van der Waals surface area contributed by atoms with Crippen LogP contribution in [0.25, 0.3) is 0 Å². The van der Waals surface area contributed by atoms with E-state index in [0.29, 0.717) is 5.92 Å². The van der Waals surface area contributed by atoms with E-state index in [1.165, 1.54) is 64.2 Å². The van der Waals surface area contributed by atoms with Crippen molar-refractivity contribution in [3.8, 4) is 0 Å². The zero-order valence-corrected chi connectivity index (χ0v) is 13.1. The van der Waals surface area contributed by atoms with Gasteiger partial charge in [0.15, 0.2) is 0 Å². The molecule has 0 aromatic carbocycles. The molecule has 1 unspecified atom stereocenters. The highest BCUT2D eigenvalue weighted by molar-refractivity contribution is 5.64. The predicted molar refractivity (Wildman–Crippen MR) is 79.9 cm³/mol. The van der Waals surface area contributed by atoms with Gasteiger partial charge in [0.1, 0.15) is 0 Å². The van der Waals surface area contributed by atoms with Crippen molar-refractivity contribution < 1.29 is 9.90 Å². The molecule has 0 bridgehead atoms. The summed E-state index contributed by atoms with van der Waals surface area (Å²) in [6.07, 6.45) is 15.1. The summed E-state index contributed by atoms with van der Waals surface area (Å²) in [6, 6.07) is 0. The molecule has 114 valence electrons. The summed E-state index contributed by atoms with van der Waals surface area (Å²) < 4.78 is 0. The summed E-state index contributed by atoms with van der Waals surface area (Å²) in [6.45, 7) is 4.43. The third-order valence-corrected chi connectivity index (χ3v) is 3.89. The lowest BCUT2D eigenvalue weighted by Crippen LogP contribution is -2.25. The van der Waals surface area contributed by atoms with E-state index in [-0.39, 0.29) is 6.42 Å². The van der Waals surface area contributed by atoms with E-state index in [9.17, 15) is 9.90 Å². The third kappa shape index (κ3) is 13.7.